The summed E-state index contributed by atoms with van der Waals surface area (Å²) in [5.41, 5.74) is 1.73. The second-order valence-electron chi connectivity index (χ2n) is 7.80. The molecule has 0 unspecified atom stereocenters. The molecule has 3 heterocycles. The number of halogens is 4. The summed E-state index contributed by atoms with van der Waals surface area (Å²) in [7, 11) is 0. The third kappa shape index (κ3) is 3.40. The first-order valence-corrected chi connectivity index (χ1v) is 10.3. The van der Waals surface area contributed by atoms with E-state index in [2.05, 4.69) is 15.0 Å². The van der Waals surface area contributed by atoms with Gasteiger partial charge in [0.15, 0.2) is 5.78 Å². The molecule has 0 aliphatic carbocycles. The highest BCUT2D eigenvalue weighted by molar-refractivity contribution is 6.07. The Morgan fingerprint density at radius 3 is 2.38 bits per heavy atom. The molecule has 9 heteroatoms. The standard InChI is InChI=1S/C25H16F4N4O/c1-12(34)16-9-15(14-5-7-30-19(10-14)25(28)29)11-21-23(16)32-13(2)33(21)20-6-8-31-24-18(27)4-3-17(26)22(20)24/h3-11,25H,1-2H3. The predicted octanol–water partition coefficient (Wildman–Crippen LogP) is 6.36. The van der Waals surface area contributed by atoms with E-state index in [1.165, 1.54) is 31.5 Å². The Hall–Kier alpha value is -4.14. The highest BCUT2D eigenvalue weighted by Gasteiger charge is 2.21. The molecule has 0 bridgehead atoms. The van der Waals surface area contributed by atoms with E-state index >= 15 is 0 Å². The number of hydrogen-bond acceptors (Lipinski definition) is 4. The van der Waals surface area contributed by atoms with E-state index in [1.807, 2.05) is 0 Å². The number of fused-ring (bicyclic) bond motifs is 2. The topological polar surface area (TPSA) is 60.7 Å². The first-order valence-electron chi connectivity index (χ1n) is 10.3. The fraction of sp³-hybridized carbons (Fsp3) is 0.120. The zero-order chi connectivity index (χ0) is 24.1. The number of hydrogen-bond donors (Lipinski definition) is 0. The molecule has 0 saturated heterocycles. The SMILES string of the molecule is CC(=O)c1cc(-c2ccnc(C(F)F)c2)cc2c1nc(C)n2-c1ccnc2c(F)ccc(F)c12. The third-order valence-corrected chi connectivity index (χ3v) is 5.66. The van der Waals surface area contributed by atoms with Gasteiger partial charge in [-0.25, -0.2) is 22.5 Å². The molecule has 0 saturated carbocycles. The average molecular weight is 464 g/mol. The quantitative estimate of drug-likeness (QED) is 0.229. The Kier molecular flexibility index (Phi) is 5.11. The van der Waals surface area contributed by atoms with Gasteiger partial charge in [-0.1, -0.05) is 0 Å². The lowest BCUT2D eigenvalue weighted by Gasteiger charge is -2.13. The van der Waals surface area contributed by atoms with Crippen molar-refractivity contribution in [2.45, 2.75) is 20.3 Å². The number of imidazole rings is 1. The highest BCUT2D eigenvalue weighted by atomic mass is 19.3. The van der Waals surface area contributed by atoms with Crippen LogP contribution in [0.25, 0.3) is 38.8 Å². The molecule has 0 fully saturated rings. The molecule has 170 valence electrons. The maximum Gasteiger partial charge on any atom is 0.280 e. The summed E-state index contributed by atoms with van der Waals surface area (Å²) < 4.78 is 57.3. The van der Waals surface area contributed by atoms with Gasteiger partial charge >= 0.3 is 0 Å². The maximum absolute atomic E-state index is 14.8. The maximum atomic E-state index is 14.8. The van der Waals surface area contributed by atoms with Crippen LogP contribution in [0, 0.1) is 18.6 Å². The Bertz CT molecular complexity index is 1610. The van der Waals surface area contributed by atoms with Crippen LogP contribution in [0.1, 0.15) is 35.2 Å². The normalized spacial score (nSPS) is 11.6. The molecule has 5 rings (SSSR count). The number of pyridine rings is 2. The minimum atomic E-state index is -2.76. The molecule has 5 nitrogen and oxygen atoms in total. The van der Waals surface area contributed by atoms with Crippen LogP contribution in [0.5, 0.6) is 0 Å². The van der Waals surface area contributed by atoms with Crippen LogP contribution in [0.3, 0.4) is 0 Å². The molecule has 0 N–H and O–H groups in total. The van der Waals surface area contributed by atoms with Crippen molar-refractivity contribution in [1.82, 2.24) is 19.5 Å². The fourth-order valence-electron chi connectivity index (χ4n) is 4.14. The van der Waals surface area contributed by atoms with E-state index in [0.717, 1.165) is 12.1 Å². The Morgan fingerprint density at radius 2 is 1.65 bits per heavy atom. The van der Waals surface area contributed by atoms with E-state index in [1.54, 1.807) is 29.7 Å². The Labute approximate surface area is 190 Å². The predicted molar refractivity (Wildman–Crippen MR) is 119 cm³/mol. The van der Waals surface area contributed by atoms with Crippen molar-refractivity contribution in [1.29, 1.82) is 0 Å². The van der Waals surface area contributed by atoms with Crippen molar-refractivity contribution in [3.05, 3.63) is 83.6 Å². The number of rotatable bonds is 4. The van der Waals surface area contributed by atoms with E-state index in [9.17, 15) is 22.4 Å². The van der Waals surface area contributed by atoms with Crippen LogP contribution in [0.15, 0.2) is 54.9 Å². The molecular formula is C25H16F4N4O. The summed E-state index contributed by atoms with van der Waals surface area (Å²) in [5, 5.41) is -0.0384. The second-order valence-corrected chi connectivity index (χ2v) is 7.80. The highest BCUT2D eigenvalue weighted by Crippen LogP contribution is 2.34. The van der Waals surface area contributed by atoms with Crippen molar-refractivity contribution in [3.8, 4) is 16.8 Å². The lowest BCUT2D eigenvalue weighted by Crippen LogP contribution is -2.02. The number of carbonyl (C=O) groups excluding carboxylic acids is 1. The summed E-state index contributed by atoms with van der Waals surface area (Å²) in [6.45, 7) is 3.05. The second kappa shape index (κ2) is 8.02. The summed E-state index contributed by atoms with van der Waals surface area (Å²) in [6.07, 6.45) is -0.130. The lowest BCUT2D eigenvalue weighted by molar-refractivity contribution is 0.101. The number of ketones is 1. The average Bonchev–Trinajstić information content (AvgIpc) is 3.15. The number of benzene rings is 2. The van der Waals surface area contributed by atoms with Gasteiger partial charge in [0.2, 0.25) is 0 Å². The number of carbonyl (C=O) groups is 1. The summed E-state index contributed by atoms with van der Waals surface area (Å²) in [6, 6.07) is 9.62. The summed E-state index contributed by atoms with van der Waals surface area (Å²) in [5.74, 6) is -1.20. The van der Waals surface area contributed by atoms with Gasteiger partial charge < -0.3 is 0 Å². The Balaban J connectivity index is 1.87. The van der Waals surface area contributed by atoms with E-state index in [4.69, 9.17) is 0 Å². The fourth-order valence-corrected chi connectivity index (χ4v) is 4.14. The minimum absolute atomic E-state index is 0.0384. The van der Waals surface area contributed by atoms with Crippen molar-refractivity contribution in [2.24, 2.45) is 0 Å². The van der Waals surface area contributed by atoms with Crippen molar-refractivity contribution >= 4 is 27.7 Å². The summed E-state index contributed by atoms with van der Waals surface area (Å²) in [4.78, 5) is 24.7. The van der Waals surface area contributed by atoms with Crippen LogP contribution < -0.4 is 0 Å². The third-order valence-electron chi connectivity index (χ3n) is 5.66. The minimum Gasteiger partial charge on any atom is -0.296 e. The number of nitrogens with zero attached hydrogens (tertiary/aromatic N) is 4. The molecule has 0 spiro atoms. The van der Waals surface area contributed by atoms with Crippen LogP contribution in [-0.2, 0) is 0 Å². The van der Waals surface area contributed by atoms with E-state index in [-0.39, 0.29) is 27.9 Å². The van der Waals surface area contributed by atoms with E-state index < -0.39 is 23.8 Å². The van der Waals surface area contributed by atoms with Crippen LogP contribution in [-0.4, -0.2) is 25.3 Å². The molecule has 3 aromatic heterocycles. The molecule has 0 aliphatic rings. The van der Waals surface area contributed by atoms with Crippen LogP contribution >= 0.6 is 0 Å². The van der Waals surface area contributed by atoms with Crippen LogP contribution in [0.4, 0.5) is 17.6 Å². The molecule has 2 aromatic carbocycles. The van der Waals surface area contributed by atoms with Crippen LogP contribution in [0.2, 0.25) is 0 Å². The zero-order valence-electron chi connectivity index (χ0n) is 18.0. The number of Topliss-reactive ketones (excluding diaryl/α,β-unsaturated/α-hetero) is 1. The molecule has 0 atom stereocenters. The first kappa shape index (κ1) is 21.7. The molecule has 0 aliphatic heterocycles. The molecule has 0 amide bonds. The number of aromatic nitrogens is 4. The molecule has 5 aromatic rings. The largest absolute Gasteiger partial charge is 0.296 e. The molecule has 0 radical (unpaired) electrons. The van der Waals surface area contributed by atoms with Gasteiger partial charge in [0, 0.05) is 18.0 Å². The Morgan fingerprint density at radius 1 is 0.912 bits per heavy atom. The van der Waals surface area contributed by atoms with Gasteiger partial charge in [-0.05, 0) is 67.4 Å². The van der Waals surface area contributed by atoms with E-state index in [0.29, 0.717) is 28.0 Å². The van der Waals surface area contributed by atoms with Gasteiger partial charge in [-0.15, -0.1) is 0 Å². The number of aryl methyl sites for hydroxylation is 1. The number of alkyl halides is 2. The van der Waals surface area contributed by atoms with Gasteiger partial charge in [0.1, 0.15) is 28.7 Å². The first-order chi connectivity index (χ1) is 16.3. The zero-order valence-corrected chi connectivity index (χ0v) is 18.0. The summed E-state index contributed by atoms with van der Waals surface area (Å²) >= 11 is 0. The van der Waals surface area contributed by atoms with Gasteiger partial charge in [0.05, 0.1) is 22.1 Å². The molecular weight excluding hydrogens is 448 g/mol. The van der Waals surface area contributed by atoms with Gasteiger partial charge in [0.25, 0.3) is 6.43 Å². The van der Waals surface area contributed by atoms with Crippen molar-refractivity contribution < 1.29 is 22.4 Å². The van der Waals surface area contributed by atoms with Crippen molar-refractivity contribution in [3.63, 3.8) is 0 Å². The molecule has 34 heavy (non-hydrogen) atoms. The van der Waals surface area contributed by atoms with Gasteiger partial charge in [-0.2, -0.15) is 0 Å². The van der Waals surface area contributed by atoms with Gasteiger partial charge in [-0.3, -0.25) is 19.3 Å². The monoisotopic (exact) mass is 464 g/mol. The van der Waals surface area contributed by atoms with Crippen molar-refractivity contribution in [2.75, 3.05) is 0 Å². The smallest absolute Gasteiger partial charge is 0.280 e. The lowest BCUT2D eigenvalue weighted by atomic mass is 10.00.